The van der Waals surface area contributed by atoms with E-state index in [1.165, 1.54) is 14.2 Å². The Kier molecular flexibility index (Phi) is 4.72. The van der Waals surface area contributed by atoms with Crippen molar-refractivity contribution in [3.8, 4) is 5.75 Å². The molecule has 0 aliphatic rings. The summed E-state index contributed by atoms with van der Waals surface area (Å²) in [6.07, 6.45) is -4.64. The van der Waals surface area contributed by atoms with Gasteiger partial charge in [-0.25, -0.2) is 4.79 Å². The van der Waals surface area contributed by atoms with Crippen molar-refractivity contribution in [2.45, 2.75) is 19.6 Å². The number of hydrogen-bond donors (Lipinski definition) is 0. The minimum Gasteiger partial charge on any atom is -0.497 e. The molecule has 1 heterocycles. The Balaban J connectivity index is 2.34. The monoisotopic (exact) mass is 330 g/mol. The maximum Gasteiger partial charge on any atom is 0.435 e. The van der Waals surface area contributed by atoms with Gasteiger partial charge >= 0.3 is 12.1 Å². The fraction of sp³-hybridized carbons (Fsp3) is 0.400. The Labute approximate surface area is 131 Å². The highest BCUT2D eigenvalue weighted by Crippen LogP contribution is 2.35. The van der Waals surface area contributed by atoms with Gasteiger partial charge in [-0.2, -0.15) is 13.2 Å². The van der Waals surface area contributed by atoms with Crippen LogP contribution in [0.25, 0.3) is 0 Å². The third-order valence-corrected chi connectivity index (χ3v) is 3.40. The summed E-state index contributed by atoms with van der Waals surface area (Å²) in [6, 6.07) is 6.67. The first-order valence-electron chi connectivity index (χ1n) is 6.92. The molecule has 8 heteroatoms. The number of carbonyl (C=O) groups excluding carboxylic acids is 1. The molecule has 23 heavy (non-hydrogen) atoms. The van der Waals surface area contributed by atoms with Gasteiger partial charge in [0, 0.05) is 7.05 Å². The minimum absolute atomic E-state index is 0.0137. The molecule has 2 aromatic rings. The number of methoxy groups -OCH3 is 1. The molecule has 5 nitrogen and oxygen atoms in total. The third-order valence-electron chi connectivity index (χ3n) is 3.40. The van der Waals surface area contributed by atoms with Gasteiger partial charge in [0.25, 0.3) is 0 Å². The lowest BCUT2D eigenvalue weighted by Gasteiger charge is -2.29. The van der Waals surface area contributed by atoms with E-state index in [2.05, 4.69) is 4.74 Å². The third kappa shape index (κ3) is 3.35. The van der Waals surface area contributed by atoms with Gasteiger partial charge in [0.2, 0.25) is 0 Å². The molecule has 0 aliphatic carbocycles. The van der Waals surface area contributed by atoms with Crippen molar-refractivity contribution in [1.29, 1.82) is 0 Å². The molecule has 1 aromatic carbocycles. The zero-order valence-electron chi connectivity index (χ0n) is 13.0. The van der Waals surface area contributed by atoms with Crippen molar-refractivity contribution >= 4 is 5.97 Å². The first-order chi connectivity index (χ1) is 10.8. The van der Waals surface area contributed by atoms with Crippen molar-refractivity contribution < 1.29 is 27.4 Å². The molecule has 0 amide bonds. The second-order valence-corrected chi connectivity index (χ2v) is 4.84. The quantitative estimate of drug-likeness (QED) is 0.792. The Bertz CT molecular complexity index is 684. The van der Waals surface area contributed by atoms with E-state index < -0.39 is 23.5 Å². The van der Waals surface area contributed by atoms with E-state index in [0.717, 1.165) is 9.36 Å². The van der Waals surface area contributed by atoms with Crippen molar-refractivity contribution in [2.24, 2.45) is 7.05 Å². The second kappa shape index (κ2) is 6.39. The number of carbonyl (C=O) groups is 1. The van der Waals surface area contributed by atoms with Crippen LogP contribution in [0.2, 0.25) is 0 Å². The summed E-state index contributed by atoms with van der Waals surface area (Å²) in [4.78, 5) is 11.7. The fourth-order valence-corrected chi connectivity index (χ4v) is 2.30. The maximum atomic E-state index is 13.2. The van der Waals surface area contributed by atoms with Gasteiger partial charge in [0.05, 0.1) is 20.3 Å². The van der Waals surface area contributed by atoms with E-state index in [1.807, 2.05) is 0 Å². The molecular formula is C15H17F3N2O3. The highest BCUT2D eigenvalue weighted by atomic mass is 19.4. The molecule has 0 unspecified atom stereocenters. The molecule has 0 saturated heterocycles. The predicted octanol–water partition coefficient (Wildman–Crippen LogP) is 3.08. The summed E-state index contributed by atoms with van der Waals surface area (Å²) < 4.78 is 51.6. The van der Waals surface area contributed by atoms with E-state index in [-0.39, 0.29) is 13.2 Å². The summed E-state index contributed by atoms with van der Waals surface area (Å²) >= 11 is 0. The minimum atomic E-state index is -4.64. The van der Waals surface area contributed by atoms with E-state index in [1.54, 1.807) is 31.2 Å². The number of nitrogens with zero attached hydrogens (tertiary/aromatic N) is 2. The summed E-state index contributed by atoms with van der Waals surface area (Å²) in [5.41, 5.74) is -0.815. The average molecular weight is 330 g/mol. The number of benzene rings is 1. The van der Waals surface area contributed by atoms with Crippen LogP contribution in [0, 0.1) is 0 Å². The Morgan fingerprint density at radius 3 is 2.30 bits per heavy atom. The zero-order valence-corrected chi connectivity index (χ0v) is 13.0. The van der Waals surface area contributed by atoms with Crippen LogP contribution in [0.1, 0.15) is 28.7 Å². The van der Waals surface area contributed by atoms with Crippen molar-refractivity contribution in [2.75, 3.05) is 13.7 Å². The molecule has 0 radical (unpaired) electrons. The highest BCUT2D eigenvalue weighted by Gasteiger charge is 2.44. The first kappa shape index (κ1) is 17.0. The van der Waals surface area contributed by atoms with Gasteiger partial charge in [0.15, 0.2) is 11.4 Å². The number of halogens is 3. The fourth-order valence-electron chi connectivity index (χ4n) is 2.30. The molecule has 0 N–H and O–H groups in total. The molecule has 126 valence electrons. The second-order valence-electron chi connectivity index (χ2n) is 4.84. The number of esters is 1. The Hall–Kier alpha value is -2.38. The normalized spacial score (nSPS) is 11.6. The van der Waals surface area contributed by atoms with Crippen LogP contribution >= 0.6 is 0 Å². The number of hydrogen-bond acceptors (Lipinski definition) is 3. The summed E-state index contributed by atoms with van der Waals surface area (Å²) in [5.74, 6) is -0.363. The van der Waals surface area contributed by atoms with Crippen molar-refractivity contribution in [1.82, 2.24) is 9.36 Å². The van der Waals surface area contributed by atoms with E-state index in [4.69, 9.17) is 4.74 Å². The molecule has 0 fully saturated rings. The van der Waals surface area contributed by atoms with Gasteiger partial charge in [-0.15, -0.1) is 0 Å². The highest BCUT2D eigenvalue weighted by molar-refractivity contribution is 5.89. The molecule has 1 aromatic heterocycles. The molecule has 0 spiro atoms. The summed E-state index contributed by atoms with van der Waals surface area (Å²) in [6.45, 7) is 1.54. The topological polar surface area (TPSA) is 45.4 Å². The molecule has 0 atom stereocenters. The summed E-state index contributed by atoms with van der Waals surface area (Å²) in [7, 11) is 2.90. The number of ether oxygens (including phenoxy) is 2. The van der Waals surface area contributed by atoms with E-state index >= 15 is 0 Å². The van der Waals surface area contributed by atoms with Gasteiger partial charge < -0.3 is 9.47 Å². The van der Waals surface area contributed by atoms with Crippen LogP contribution in [-0.4, -0.2) is 29.0 Å². The van der Waals surface area contributed by atoms with Crippen LogP contribution in [-0.2, 0) is 24.5 Å². The van der Waals surface area contributed by atoms with Gasteiger partial charge in [0.1, 0.15) is 5.75 Å². The average Bonchev–Trinajstić information content (AvgIpc) is 2.49. The predicted molar refractivity (Wildman–Crippen MR) is 76.5 cm³/mol. The lowest BCUT2D eigenvalue weighted by molar-refractivity contribution is -0.150. The Morgan fingerprint density at radius 2 is 1.83 bits per heavy atom. The van der Waals surface area contributed by atoms with Gasteiger partial charge in [-0.3, -0.25) is 9.36 Å². The number of alkyl halides is 3. The van der Waals surface area contributed by atoms with Gasteiger partial charge in [-0.05, 0) is 24.6 Å². The van der Waals surface area contributed by atoms with Crippen LogP contribution < -0.4 is 4.74 Å². The van der Waals surface area contributed by atoms with Crippen molar-refractivity contribution in [3.63, 3.8) is 0 Å². The van der Waals surface area contributed by atoms with Crippen LogP contribution in [0.4, 0.5) is 13.2 Å². The number of rotatable bonds is 5. The van der Waals surface area contributed by atoms with E-state index in [9.17, 15) is 18.0 Å². The smallest absolute Gasteiger partial charge is 0.435 e. The first-order valence-corrected chi connectivity index (χ1v) is 6.92. The lowest BCUT2D eigenvalue weighted by Crippen LogP contribution is -2.38. The van der Waals surface area contributed by atoms with Crippen LogP contribution in [0.15, 0.2) is 24.3 Å². The molecule has 2 rings (SSSR count). The largest absolute Gasteiger partial charge is 0.497 e. The molecule has 0 saturated carbocycles. The molecule has 0 aliphatic heterocycles. The molecular weight excluding hydrogens is 313 g/mol. The van der Waals surface area contributed by atoms with E-state index in [0.29, 0.717) is 11.3 Å². The number of aromatic nitrogens is 2. The zero-order chi connectivity index (χ0) is 17.2. The van der Waals surface area contributed by atoms with Crippen LogP contribution in [0.3, 0.4) is 0 Å². The lowest BCUT2D eigenvalue weighted by atomic mass is 10.2. The van der Waals surface area contributed by atoms with Crippen LogP contribution in [0.5, 0.6) is 5.75 Å². The maximum absolute atomic E-state index is 13.2. The van der Waals surface area contributed by atoms with Crippen molar-refractivity contribution in [3.05, 3.63) is 41.2 Å². The Morgan fingerprint density at radius 1 is 1.22 bits per heavy atom. The molecule has 0 bridgehead atoms. The van der Waals surface area contributed by atoms with Gasteiger partial charge in [-0.1, -0.05) is 12.1 Å². The summed E-state index contributed by atoms with van der Waals surface area (Å²) in [5, 5.41) is 0. The SMILES string of the molecule is CCOC(=O)c1c(C(F)(F)F)n(Cc2ccc(OC)cc2)n1C. The standard InChI is InChI=1S/C15H17F3N2O3/c1-4-23-14(21)12-13(15(16,17)18)20(19(12)2)9-10-5-7-11(22-3)8-6-10/h5-8H,4,9H2,1-3H3.